The van der Waals surface area contributed by atoms with E-state index in [0.717, 1.165) is 16.7 Å². The van der Waals surface area contributed by atoms with Gasteiger partial charge in [-0.2, -0.15) is 0 Å². The van der Waals surface area contributed by atoms with Gasteiger partial charge in [0, 0.05) is 24.5 Å². The number of benzene rings is 2. The van der Waals surface area contributed by atoms with Crippen molar-refractivity contribution in [3.05, 3.63) is 101 Å². The number of nitrogens with one attached hydrogen (secondary N) is 1. The fourth-order valence-corrected chi connectivity index (χ4v) is 3.54. The van der Waals surface area contributed by atoms with Crippen LogP contribution in [0.15, 0.2) is 79.3 Å². The Morgan fingerprint density at radius 1 is 1.00 bits per heavy atom. The van der Waals surface area contributed by atoms with Gasteiger partial charge in [0.25, 0.3) is 0 Å². The van der Waals surface area contributed by atoms with Crippen LogP contribution < -0.4 is 5.32 Å². The van der Waals surface area contributed by atoms with Gasteiger partial charge in [0.15, 0.2) is 5.13 Å². The smallest absolute Gasteiger partial charge is 0.204 e. The molecule has 2 aromatic carbocycles. The van der Waals surface area contributed by atoms with Crippen molar-refractivity contribution in [1.29, 1.82) is 0 Å². The summed E-state index contributed by atoms with van der Waals surface area (Å²) in [5.74, 6) is -0.372. The molecule has 2 heterocycles. The highest BCUT2D eigenvalue weighted by molar-refractivity contribution is 7.17. The maximum absolute atomic E-state index is 13.1. The van der Waals surface area contributed by atoms with Gasteiger partial charge in [-0.15, -0.1) is 0 Å². The molecule has 0 unspecified atom stereocenters. The third-order valence-electron chi connectivity index (χ3n) is 4.20. The van der Waals surface area contributed by atoms with Crippen molar-refractivity contribution in [3.63, 3.8) is 0 Å². The molecular weight excluding hydrogens is 373 g/mol. The van der Waals surface area contributed by atoms with Crippen molar-refractivity contribution < 1.29 is 9.18 Å². The lowest BCUT2D eigenvalue weighted by Crippen LogP contribution is -1.99. The molecule has 4 aromatic rings. The predicted octanol–water partition coefficient (Wildman–Crippen LogP) is 5.19. The Morgan fingerprint density at radius 2 is 1.86 bits per heavy atom. The average Bonchev–Trinajstić information content (AvgIpc) is 3.22. The average molecular weight is 389 g/mol. The minimum Gasteiger partial charge on any atom is -0.357 e. The Balaban J connectivity index is 1.49. The van der Waals surface area contributed by atoms with Gasteiger partial charge in [0.2, 0.25) is 5.78 Å². The number of rotatable bonds is 6. The highest BCUT2D eigenvalue weighted by Gasteiger charge is 2.14. The molecule has 0 saturated heterocycles. The first-order valence-electron chi connectivity index (χ1n) is 8.68. The van der Waals surface area contributed by atoms with Gasteiger partial charge in [-0.25, -0.2) is 9.37 Å². The van der Waals surface area contributed by atoms with E-state index in [1.807, 2.05) is 30.3 Å². The first-order chi connectivity index (χ1) is 13.7. The topological polar surface area (TPSA) is 54.9 Å². The quantitative estimate of drug-likeness (QED) is 0.461. The molecule has 6 heteroatoms. The van der Waals surface area contributed by atoms with Crippen molar-refractivity contribution in [2.24, 2.45) is 0 Å². The standard InChI is InChI=1S/C22H16FN3OS/c23-19-8-6-16(7-9-19)17-4-1-5-18(11-17)21(27)20-14-26-22(28-20)25-13-15-3-2-10-24-12-15/h1-12,14H,13H2,(H,25,26). The molecule has 0 spiro atoms. The van der Waals surface area contributed by atoms with Crippen molar-refractivity contribution in [1.82, 2.24) is 9.97 Å². The summed E-state index contributed by atoms with van der Waals surface area (Å²) >= 11 is 1.32. The summed E-state index contributed by atoms with van der Waals surface area (Å²) in [6.07, 6.45) is 5.10. The maximum atomic E-state index is 13.1. The molecule has 28 heavy (non-hydrogen) atoms. The first-order valence-corrected chi connectivity index (χ1v) is 9.50. The second-order valence-corrected chi connectivity index (χ2v) is 7.19. The fraction of sp³-hybridized carbons (Fsp3) is 0.0455. The number of halogens is 1. The van der Waals surface area contributed by atoms with E-state index in [-0.39, 0.29) is 11.6 Å². The molecule has 0 fully saturated rings. The zero-order valence-corrected chi connectivity index (χ0v) is 15.6. The zero-order valence-electron chi connectivity index (χ0n) is 14.8. The molecule has 0 aliphatic rings. The van der Waals surface area contributed by atoms with Crippen molar-refractivity contribution in [2.75, 3.05) is 5.32 Å². The van der Waals surface area contributed by atoms with Crippen LogP contribution in [0.3, 0.4) is 0 Å². The molecule has 0 radical (unpaired) electrons. The first kappa shape index (κ1) is 18.0. The molecule has 0 atom stereocenters. The second kappa shape index (κ2) is 8.10. The van der Waals surface area contributed by atoms with Gasteiger partial charge in [-0.3, -0.25) is 9.78 Å². The summed E-state index contributed by atoms with van der Waals surface area (Å²) in [6, 6.07) is 17.4. The Morgan fingerprint density at radius 3 is 2.64 bits per heavy atom. The lowest BCUT2D eigenvalue weighted by Gasteiger charge is -2.04. The van der Waals surface area contributed by atoms with Gasteiger partial charge in [-0.05, 0) is 41.0 Å². The Hall–Kier alpha value is -3.38. The van der Waals surface area contributed by atoms with Gasteiger partial charge in [0.1, 0.15) is 5.82 Å². The van der Waals surface area contributed by atoms with E-state index in [2.05, 4.69) is 15.3 Å². The largest absolute Gasteiger partial charge is 0.357 e. The van der Waals surface area contributed by atoms with Gasteiger partial charge >= 0.3 is 0 Å². The third kappa shape index (κ3) is 4.13. The fourth-order valence-electron chi connectivity index (χ4n) is 2.77. The maximum Gasteiger partial charge on any atom is 0.204 e. The van der Waals surface area contributed by atoms with Crippen LogP contribution in [-0.4, -0.2) is 15.8 Å². The van der Waals surface area contributed by atoms with E-state index in [4.69, 9.17) is 0 Å². The molecule has 4 rings (SSSR count). The number of pyridine rings is 1. The molecule has 0 aliphatic heterocycles. The molecule has 0 saturated carbocycles. The van der Waals surface area contributed by atoms with E-state index in [1.54, 1.807) is 36.8 Å². The SMILES string of the molecule is O=C(c1cccc(-c2ccc(F)cc2)c1)c1cnc(NCc2cccnc2)s1. The van der Waals surface area contributed by atoms with E-state index in [1.165, 1.54) is 23.5 Å². The van der Waals surface area contributed by atoms with Gasteiger partial charge in [-0.1, -0.05) is 47.7 Å². The van der Waals surface area contributed by atoms with Crippen LogP contribution in [-0.2, 0) is 6.54 Å². The lowest BCUT2D eigenvalue weighted by atomic mass is 10.0. The molecule has 138 valence electrons. The molecule has 1 N–H and O–H groups in total. The normalized spacial score (nSPS) is 10.6. The predicted molar refractivity (Wildman–Crippen MR) is 109 cm³/mol. The van der Waals surface area contributed by atoms with E-state index >= 15 is 0 Å². The van der Waals surface area contributed by atoms with E-state index < -0.39 is 0 Å². The summed E-state index contributed by atoms with van der Waals surface area (Å²) in [6.45, 7) is 0.592. The van der Waals surface area contributed by atoms with Crippen molar-refractivity contribution >= 4 is 22.3 Å². The van der Waals surface area contributed by atoms with Crippen LogP contribution in [0, 0.1) is 5.82 Å². The zero-order chi connectivity index (χ0) is 19.3. The minimum atomic E-state index is -0.285. The number of hydrogen-bond donors (Lipinski definition) is 1. The van der Waals surface area contributed by atoms with Crippen LogP contribution in [0.5, 0.6) is 0 Å². The summed E-state index contributed by atoms with van der Waals surface area (Å²) in [7, 11) is 0. The monoisotopic (exact) mass is 389 g/mol. The van der Waals surface area contributed by atoms with E-state index in [9.17, 15) is 9.18 Å². The summed E-state index contributed by atoms with van der Waals surface area (Å²) in [5.41, 5.74) is 3.34. The van der Waals surface area contributed by atoms with Crippen LogP contribution in [0.2, 0.25) is 0 Å². The van der Waals surface area contributed by atoms with Crippen LogP contribution >= 0.6 is 11.3 Å². The number of anilines is 1. The number of nitrogens with zero attached hydrogens (tertiary/aromatic N) is 2. The van der Waals surface area contributed by atoms with Crippen LogP contribution in [0.4, 0.5) is 9.52 Å². The number of carbonyl (C=O) groups excluding carboxylic acids is 1. The Kier molecular flexibility index (Phi) is 5.21. The summed E-state index contributed by atoms with van der Waals surface area (Å²) in [5, 5.41) is 3.89. The number of aromatic nitrogens is 2. The van der Waals surface area contributed by atoms with Crippen LogP contribution in [0.1, 0.15) is 20.8 Å². The van der Waals surface area contributed by atoms with Crippen molar-refractivity contribution in [3.8, 4) is 11.1 Å². The summed E-state index contributed by atoms with van der Waals surface area (Å²) < 4.78 is 13.1. The molecular formula is C22H16FN3OS. The van der Waals surface area contributed by atoms with E-state index in [0.29, 0.717) is 22.1 Å². The third-order valence-corrected chi connectivity index (χ3v) is 5.15. The van der Waals surface area contributed by atoms with Gasteiger partial charge < -0.3 is 5.32 Å². The highest BCUT2D eigenvalue weighted by Crippen LogP contribution is 2.25. The molecule has 0 aliphatic carbocycles. The van der Waals surface area contributed by atoms with Gasteiger partial charge in [0.05, 0.1) is 11.1 Å². The molecule has 0 bridgehead atoms. The number of ketones is 1. The number of carbonyl (C=O) groups is 1. The molecule has 0 amide bonds. The number of thiazole rings is 1. The highest BCUT2D eigenvalue weighted by atomic mass is 32.1. The minimum absolute atomic E-state index is 0.0871. The molecule has 4 nitrogen and oxygen atoms in total. The van der Waals surface area contributed by atoms with Crippen LogP contribution in [0.25, 0.3) is 11.1 Å². The van der Waals surface area contributed by atoms with Crippen molar-refractivity contribution in [2.45, 2.75) is 6.54 Å². The lowest BCUT2D eigenvalue weighted by molar-refractivity contribution is 0.104. The second-order valence-electron chi connectivity index (χ2n) is 6.16. The Bertz CT molecular complexity index is 1090. The molecule has 2 aromatic heterocycles. The number of hydrogen-bond acceptors (Lipinski definition) is 5. The Labute approximate surface area is 165 Å². The summed E-state index contributed by atoms with van der Waals surface area (Å²) in [4.78, 5) is 21.8.